The van der Waals surface area contributed by atoms with Crippen LogP contribution in [0.1, 0.15) is 55.2 Å². The molecule has 0 aliphatic heterocycles. The molecular weight excluding hydrogens is 248 g/mol. The van der Waals surface area contributed by atoms with Crippen molar-refractivity contribution in [3.05, 3.63) is 34.9 Å². The Morgan fingerprint density at radius 2 is 1.80 bits per heavy atom. The topological polar surface area (TPSA) is 29.5 Å². The van der Waals surface area contributed by atoms with Gasteiger partial charge in [0.2, 0.25) is 0 Å². The molecule has 0 aromatic heterocycles. The number of hydrogen-bond acceptors (Lipinski definition) is 2. The van der Waals surface area contributed by atoms with Crippen molar-refractivity contribution in [3.63, 3.8) is 0 Å². The number of rotatable bonds is 4. The first-order chi connectivity index (χ1) is 9.57. The van der Waals surface area contributed by atoms with Crippen molar-refractivity contribution in [1.82, 2.24) is 0 Å². The molecule has 20 heavy (non-hydrogen) atoms. The normalized spacial score (nSPS) is 20.4. The van der Waals surface area contributed by atoms with Crippen LogP contribution in [-0.4, -0.2) is 23.9 Å². The third-order valence-corrected chi connectivity index (χ3v) is 4.88. The van der Waals surface area contributed by atoms with E-state index in [1.54, 1.807) is 7.11 Å². The number of aliphatic hydroxyl groups excluding tert-OH is 1. The van der Waals surface area contributed by atoms with Crippen molar-refractivity contribution in [1.29, 1.82) is 0 Å². The predicted octanol–water partition coefficient (Wildman–Crippen LogP) is 3.95. The van der Waals surface area contributed by atoms with Crippen LogP contribution in [0.15, 0.2) is 18.2 Å². The molecule has 2 rings (SSSR count). The van der Waals surface area contributed by atoms with Gasteiger partial charge in [-0.1, -0.05) is 49.4 Å². The first-order valence-electron chi connectivity index (χ1n) is 7.87. The summed E-state index contributed by atoms with van der Waals surface area (Å²) in [6.45, 7) is 4.22. The van der Waals surface area contributed by atoms with Crippen LogP contribution < -0.4 is 0 Å². The van der Waals surface area contributed by atoms with E-state index in [2.05, 4.69) is 32.0 Å². The van der Waals surface area contributed by atoms with Crippen LogP contribution in [0.5, 0.6) is 0 Å². The van der Waals surface area contributed by atoms with E-state index in [1.165, 1.54) is 29.5 Å². The van der Waals surface area contributed by atoms with Crippen LogP contribution in [0.25, 0.3) is 0 Å². The minimum Gasteiger partial charge on any atom is -0.390 e. The summed E-state index contributed by atoms with van der Waals surface area (Å²) in [5.74, 6) is 0. The fraction of sp³-hybridized carbons (Fsp3) is 0.667. The lowest BCUT2D eigenvalue weighted by Gasteiger charge is -2.36. The second-order valence-corrected chi connectivity index (χ2v) is 6.33. The quantitative estimate of drug-likeness (QED) is 0.844. The van der Waals surface area contributed by atoms with Crippen LogP contribution in [0.3, 0.4) is 0 Å². The summed E-state index contributed by atoms with van der Waals surface area (Å²) in [5, 5.41) is 10.8. The summed E-state index contributed by atoms with van der Waals surface area (Å²) >= 11 is 0. The van der Waals surface area contributed by atoms with Gasteiger partial charge in [0, 0.05) is 13.5 Å². The van der Waals surface area contributed by atoms with Crippen LogP contribution in [-0.2, 0) is 11.2 Å². The maximum atomic E-state index is 10.8. The fourth-order valence-corrected chi connectivity index (χ4v) is 3.41. The van der Waals surface area contributed by atoms with E-state index in [4.69, 9.17) is 4.74 Å². The van der Waals surface area contributed by atoms with E-state index in [0.717, 1.165) is 25.7 Å². The molecule has 2 heteroatoms. The second-order valence-electron chi connectivity index (χ2n) is 6.33. The Bertz CT molecular complexity index is 431. The molecule has 1 unspecified atom stereocenters. The third-order valence-electron chi connectivity index (χ3n) is 4.88. The molecule has 0 amide bonds. The average Bonchev–Trinajstić information content (AvgIpc) is 2.69. The number of methoxy groups -OCH3 is 1. The average molecular weight is 276 g/mol. The van der Waals surface area contributed by atoms with Gasteiger partial charge in [0.1, 0.15) is 0 Å². The lowest BCUT2D eigenvalue weighted by Crippen LogP contribution is -2.45. The molecule has 1 fully saturated rings. The van der Waals surface area contributed by atoms with Gasteiger partial charge in [-0.3, -0.25) is 0 Å². The lowest BCUT2D eigenvalue weighted by molar-refractivity contribution is -0.111. The number of ether oxygens (including phenoxy) is 1. The van der Waals surface area contributed by atoms with E-state index in [0.29, 0.717) is 6.42 Å². The van der Waals surface area contributed by atoms with Gasteiger partial charge in [-0.05, 0) is 37.8 Å². The molecule has 0 spiro atoms. The SMILES string of the molecule is COC1(C(O)Cc2cc(C)ccc2C)CCCCCC1. The number of benzene rings is 1. The molecule has 0 heterocycles. The predicted molar refractivity (Wildman–Crippen MR) is 83.1 cm³/mol. The molecule has 1 aliphatic carbocycles. The van der Waals surface area contributed by atoms with Crippen LogP contribution in [0.4, 0.5) is 0 Å². The van der Waals surface area contributed by atoms with Gasteiger partial charge in [-0.15, -0.1) is 0 Å². The van der Waals surface area contributed by atoms with Gasteiger partial charge in [0.25, 0.3) is 0 Å². The summed E-state index contributed by atoms with van der Waals surface area (Å²) < 4.78 is 5.81. The van der Waals surface area contributed by atoms with E-state index < -0.39 is 6.10 Å². The number of hydrogen-bond donors (Lipinski definition) is 1. The zero-order valence-electron chi connectivity index (χ0n) is 13.1. The minimum atomic E-state index is -0.411. The monoisotopic (exact) mass is 276 g/mol. The van der Waals surface area contributed by atoms with Crippen molar-refractivity contribution in [2.45, 2.75) is 70.5 Å². The van der Waals surface area contributed by atoms with Crippen LogP contribution in [0.2, 0.25) is 0 Å². The molecule has 1 aromatic carbocycles. The Morgan fingerprint density at radius 1 is 1.15 bits per heavy atom. The van der Waals surface area contributed by atoms with E-state index >= 15 is 0 Å². The minimum absolute atomic E-state index is 0.341. The zero-order chi connectivity index (χ0) is 14.6. The molecule has 1 aromatic rings. The molecule has 1 aliphatic rings. The van der Waals surface area contributed by atoms with Crippen molar-refractivity contribution in [2.24, 2.45) is 0 Å². The van der Waals surface area contributed by atoms with E-state index in [1.807, 2.05) is 0 Å². The first kappa shape index (κ1) is 15.5. The molecule has 1 N–H and O–H groups in total. The van der Waals surface area contributed by atoms with Gasteiger partial charge in [0.05, 0.1) is 11.7 Å². The Balaban J connectivity index is 2.16. The largest absolute Gasteiger partial charge is 0.390 e. The number of aryl methyl sites for hydroxylation is 2. The Labute approximate surface area is 123 Å². The molecule has 112 valence electrons. The molecule has 1 saturated carbocycles. The molecule has 2 nitrogen and oxygen atoms in total. The van der Waals surface area contributed by atoms with Gasteiger partial charge < -0.3 is 9.84 Å². The van der Waals surface area contributed by atoms with Gasteiger partial charge in [-0.2, -0.15) is 0 Å². The summed E-state index contributed by atoms with van der Waals surface area (Å²) in [6.07, 6.45) is 7.11. The van der Waals surface area contributed by atoms with Crippen molar-refractivity contribution in [3.8, 4) is 0 Å². The second kappa shape index (κ2) is 6.73. The lowest BCUT2D eigenvalue weighted by atomic mass is 9.84. The fourth-order valence-electron chi connectivity index (χ4n) is 3.41. The molecule has 0 saturated heterocycles. The third kappa shape index (κ3) is 3.42. The maximum absolute atomic E-state index is 10.8. The van der Waals surface area contributed by atoms with Crippen molar-refractivity contribution >= 4 is 0 Å². The van der Waals surface area contributed by atoms with E-state index in [9.17, 15) is 5.11 Å². The Hall–Kier alpha value is -0.860. The summed E-state index contributed by atoms with van der Waals surface area (Å²) in [5.41, 5.74) is 3.42. The van der Waals surface area contributed by atoms with E-state index in [-0.39, 0.29) is 5.60 Å². The molecule has 0 radical (unpaired) electrons. The Morgan fingerprint density at radius 3 is 2.40 bits per heavy atom. The first-order valence-corrected chi connectivity index (χ1v) is 7.87. The van der Waals surface area contributed by atoms with Crippen LogP contribution >= 0.6 is 0 Å². The molecule has 0 bridgehead atoms. The maximum Gasteiger partial charge on any atom is 0.0939 e. The van der Waals surface area contributed by atoms with Crippen LogP contribution in [0, 0.1) is 13.8 Å². The number of aliphatic hydroxyl groups is 1. The summed E-state index contributed by atoms with van der Waals surface area (Å²) in [4.78, 5) is 0. The molecular formula is C18H28O2. The zero-order valence-corrected chi connectivity index (χ0v) is 13.1. The van der Waals surface area contributed by atoms with Crippen molar-refractivity contribution in [2.75, 3.05) is 7.11 Å². The highest BCUT2D eigenvalue weighted by Crippen LogP contribution is 2.34. The highest BCUT2D eigenvalue weighted by atomic mass is 16.5. The molecule has 1 atom stereocenters. The van der Waals surface area contributed by atoms with Crippen molar-refractivity contribution < 1.29 is 9.84 Å². The highest BCUT2D eigenvalue weighted by Gasteiger charge is 2.38. The highest BCUT2D eigenvalue weighted by molar-refractivity contribution is 5.31. The van der Waals surface area contributed by atoms with Gasteiger partial charge >= 0.3 is 0 Å². The van der Waals surface area contributed by atoms with Gasteiger partial charge in [-0.25, -0.2) is 0 Å². The van der Waals surface area contributed by atoms with Gasteiger partial charge in [0.15, 0.2) is 0 Å². The summed E-state index contributed by atoms with van der Waals surface area (Å²) in [6, 6.07) is 6.46. The standard InChI is InChI=1S/C18H28O2/c1-14-8-9-15(2)16(12-14)13-17(19)18(20-3)10-6-4-5-7-11-18/h8-9,12,17,19H,4-7,10-11,13H2,1-3H3. The smallest absolute Gasteiger partial charge is 0.0939 e. The summed E-state index contributed by atoms with van der Waals surface area (Å²) in [7, 11) is 1.76. The Kier molecular flexibility index (Phi) is 5.22.